The number of nitrogens with one attached hydrogen (secondary N) is 2. The van der Waals surface area contributed by atoms with Crippen molar-refractivity contribution in [1.29, 1.82) is 0 Å². The van der Waals surface area contributed by atoms with E-state index in [9.17, 15) is 14.0 Å². The van der Waals surface area contributed by atoms with Crippen LogP contribution in [0.25, 0.3) is 22.4 Å². The number of guanidine groups is 1. The summed E-state index contributed by atoms with van der Waals surface area (Å²) in [6, 6.07) is 10.1. The Hall–Kier alpha value is -4.38. The molecule has 8 rings (SSSR count). The number of carbonyl (C=O) groups excluding carboxylic acids is 1. The summed E-state index contributed by atoms with van der Waals surface area (Å²) in [6.45, 7) is 10.0. The van der Waals surface area contributed by atoms with Crippen LogP contribution in [0.15, 0.2) is 64.8 Å². The zero-order chi connectivity index (χ0) is 33.7. The number of nitrogens with zero attached hydrogens (tertiary/aromatic N) is 6. The second-order valence-electron chi connectivity index (χ2n) is 14.1. The molecule has 3 heterocycles. The van der Waals surface area contributed by atoms with Crippen molar-refractivity contribution in [1.82, 2.24) is 29.7 Å². The minimum absolute atomic E-state index is 0.0259. The van der Waals surface area contributed by atoms with Crippen molar-refractivity contribution in [2.75, 3.05) is 18.4 Å². The number of hydrogen-bond donors (Lipinski definition) is 2. The monoisotopic (exact) mass is 670 g/mol. The van der Waals surface area contributed by atoms with Gasteiger partial charge in [0, 0.05) is 42.2 Å². The van der Waals surface area contributed by atoms with Gasteiger partial charge in [0.15, 0.2) is 11.8 Å². The number of benzene rings is 2. The molecular formula is C36H40ClFN8O2. The summed E-state index contributed by atoms with van der Waals surface area (Å²) in [7, 11) is 0. The number of anilines is 1. The number of fused-ring (bicyclic) bond motifs is 3. The minimum atomic E-state index is -0.428. The Morgan fingerprint density at radius 1 is 1.15 bits per heavy atom. The third-order valence-electron chi connectivity index (χ3n) is 10.8. The van der Waals surface area contributed by atoms with E-state index in [0.29, 0.717) is 74.4 Å². The maximum absolute atomic E-state index is 14.6. The molecule has 2 bridgehead atoms. The van der Waals surface area contributed by atoms with E-state index in [1.807, 2.05) is 24.0 Å². The third-order valence-corrected chi connectivity index (χ3v) is 11.0. The fourth-order valence-corrected chi connectivity index (χ4v) is 8.10. The van der Waals surface area contributed by atoms with E-state index in [4.69, 9.17) is 21.6 Å². The molecule has 0 radical (unpaired) electrons. The van der Waals surface area contributed by atoms with Gasteiger partial charge in [-0.3, -0.25) is 19.1 Å². The van der Waals surface area contributed by atoms with E-state index < -0.39 is 5.82 Å². The molecule has 5 atom stereocenters. The lowest BCUT2D eigenvalue weighted by Crippen LogP contribution is -2.58. The van der Waals surface area contributed by atoms with Crippen LogP contribution in [0.5, 0.6) is 0 Å². The topological polar surface area (TPSA) is 117 Å². The Morgan fingerprint density at radius 2 is 1.98 bits per heavy atom. The molecule has 12 heteroatoms. The third kappa shape index (κ3) is 6.04. The largest absolute Gasteiger partial charge is 0.350 e. The van der Waals surface area contributed by atoms with Crippen LogP contribution < -0.4 is 16.2 Å². The molecular weight excluding hydrogens is 631 g/mol. The second-order valence-corrected chi connectivity index (χ2v) is 14.6. The molecule has 250 valence electrons. The molecule has 3 saturated carbocycles. The average molecular weight is 671 g/mol. The highest BCUT2D eigenvalue weighted by molar-refractivity contribution is 6.30. The zero-order valence-corrected chi connectivity index (χ0v) is 28.3. The van der Waals surface area contributed by atoms with Crippen molar-refractivity contribution in [2.45, 2.75) is 65.6 Å². The second kappa shape index (κ2) is 12.6. The lowest BCUT2D eigenvalue weighted by molar-refractivity contribution is -0.124. The maximum Gasteiger partial charge on any atom is 0.261 e. The minimum Gasteiger partial charge on any atom is -0.350 e. The summed E-state index contributed by atoms with van der Waals surface area (Å²) >= 11 is 5.95. The molecule has 1 saturated heterocycles. The van der Waals surface area contributed by atoms with Crippen LogP contribution in [-0.2, 0) is 17.8 Å². The molecule has 48 heavy (non-hydrogen) atoms. The Morgan fingerprint density at radius 3 is 2.69 bits per heavy atom. The maximum atomic E-state index is 14.6. The highest BCUT2D eigenvalue weighted by Crippen LogP contribution is 2.61. The van der Waals surface area contributed by atoms with Gasteiger partial charge in [-0.25, -0.2) is 19.4 Å². The Kier molecular flexibility index (Phi) is 8.43. The first-order valence-electron chi connectivity index (χ1n) is 16.6. The van der Waals surface area contributed by atoms with Gasteiger partial charge in [-0.05, 0) is 85.3 Å². The highest BCUT2D eigenvalue weighted by Gasteiger charge is 2.56. The molecule has 4 aromatic rings. The van der Waals surface area contributed by atoms with Gasteiger partial charge >= 0.3 is 0 Å². The molecule has 3 aliphatic carbocycles. The quantitative estimate of drug-likeness (QED) is 0.204. The lowest BCUT2D eigenvalue weighted by Gasteiger charge is -2.61. The summed E-state index contributed by atoms with van der Waals surface area (Å²) in [5.74, 6) is 2.20. The predicted octanol–water partition coefficient (Wildman–Crippen LogP) is 5.55. The summed E-state index contributed by atoms with van der Waals surface area (Å²) < 4.78 is 16.1. The molecule has 2 aromatic carbocycles. The van der Waals surface area contributed by atoms with Crippen LogP contribution in [0, 0.1) is 29.0 Å². The summed E-state index contributed by atoms with van der Waals surface area (Å²) in [5.41, 5.74) is 2.10. The summed E-state index contributed by atoms with van der Waals surface area (Å²) in [5, 5.41) is 7.24. The fourth-order valence-electron chi connectivity index (χ4n) is 7.94. The van der Waals surface area contributed by atoms with Crippen molar-refractivity contribution in [2.24, 2.45) is 28.2 Å². The van der Waals surface area contributed by atoms with Crippen LogP contribution >= 0.6 is 11.6 Å². The number of hydrogen-bond acceptors (Lipinski definition) is 6. The molecule has 4 aliphatic rings. The van der Waals surface area contributed by atoms with E-state index in [1.165, 1.54) is 17.1 Å². The van der Waals surface area contributed by atoms with Crippen molar-refractivity contribution >= 4 is 40.1 Å². The normalized spacial score (nSPS) is 25.0. The number of carbonyl (C=O) groups is 1. The molecule has 10 nitrogen and oxygen atoms in total. The van der Waals surface area contributed by atoms with Crippen LogP contribution in [-0.4, -0.2) is 61.5 Å². The first kappa shape index (κ1) is 32.2. The Labute approximate surface area is 283 Å². The van der Waals surface area contributed by atoms with Gasteiger partial charge in [-0.15, -0.1) is 0 Å². The van der Waals surface area contributed by atoms with Crippen LogP contribution in [0.3, 0.4) is 0 Å². The van der Waals surface area contributed by atoms with Gasteiger partial charge in [-0.2, -0.15) is 0 Å². The molecule has 1 aliphatic heterocycles. The number of aryl methyl sites for hydroxylation is 1. The van der Waals surface area contributed by atoms with Gasteiger partial charge in [0.1, 0.15) is 11.5 Å². The van der Waals surface area contributed by atoms with E-state index >= 15 is 0 Å². The van der Waals surface area contributed by atoms with Crippen molar-refractivity contribution in [3.8, 4) is 11.5 Å². The standard InChI is InChI=1S/C36H40ClFN8O2/c1-20-18-45(19-32(47)41-20)35(44-29-14-23-13-27(21(29)2)36(23,3)4)42-25-7-8-26-30(16-25)43-33(31-17-39-10-11-40-31)46(34(26)48)12-9-22-5-6-24(37)15-28(22)38/h5-8,10-11,15-17,20-21,23,27,29H,9,12-14,18-19H2,1-4H3,(H,41,47)(H,42,44)/t20-,21-,23+,27-,29-/m0/s1. The molecule has 2 aromatic heterocycles. The number of aromatic nitrogens is 4. The molecule has 4 fully saturated rings. The number of amides is 1. The fraction of sp³-hybridized carbons (Fsp3) is 0.444. The van der Waals surface area contributed by atoms with Crippen LogP contribution in [0.4, 0.5) is 10.1 Å². The summed E-state index contributed by atoms with van der Waals surface area (Å²) in [4.78, 5) is 47.4. The van der Waals surface area contributed by atoms with E-state index in [2.05, 4.69) is 41.4 Å². The van der Waals surface area contributed by atoms with Gasteiger partial charge < -0.3 is 15.5 Å². The van der Waals surface area contributed by atoms with Crippen LogP contribution in [0.2, 0.25) is 5.02 Å². The van der Waals surface area contributed by atoms with Crippen molar-refractivity contribution < 1.29 is 9.18 Å². The summed E-state index contributed by atoms with van der Waals surface area (Å²) in [6.07, 6.45) is 7.18. The highest BCUT2D eigenvalue weighted by atomic mass is 35.5. The average Bonchev–Trinajstić information content (AvgIpc) is 3.05. The number of rotatable bonds is 6. The predicted molar refractivity (Wildman–Crippen MR) is 185 cm³/mol. The molecule has 2 N–H and O–H groups in total. The van der Waals surface area contributed by atoms with Crippen LogP contribution in [0.1, 0.15) is 46.1 Å². The smallest absolute Gasteiger partial charge is 0.261 e. The molecule has 0 unspecified atom stereocenters. The van der Waals surface area contributed by atoms with Crippen molar-refractivity contribution in [3.05, 3.63) is 81.7 Å². The van der Waals surface area contributed by atoms with Gasteiger partial charge in [0.25, 0.3) is 5.56 Å². The SMILES string of the molecule is C[C@@H]1[C@@H](N=C(Nc2ccc3c(=O)n(CCc4ccc(Cl)cc4F)c(-c4cnccn4)nc3c2)N2CC(=O)N[C@@H](C)C2)C[C@H]2C[C@@H]1C2(C)C. The number of piperazine rings is 1. The lowest BCUT2D eigenvalue weighted by atomic mass is 9.45. The van der Waals surface area contributed by atoms with Gasteiger partial charge in [0.2, 0.25) is 5.91 Å². The van der Waals surface area contributed by atoms with Gasteiger partial charge in [-0.1, -0.05) is 38.4 Å². The van der Waals surface area contributed by atoms with E-state index in [-0.39, 0.29) is 43.1 Å². The Bertz CT molecular complexity index is 1970. The Balaban J connectivity index is 1.24. The zero-order valence-electron chi connectivity index (χ0n) is 27.6. The number of halogens is 2. The van der Waals surface area contributed by atoms with E-state index in [1.54, 1.807) is 36.8 Å². The number of aliphatic imine (C=N–C) groups is 1. The van der Waals surface area contributed by atoms with Crippen molar-refractivity contribution in [3.63, 3.8) is 0 Å². The first-order valence-corrected chi connectivity index (χ1v) is 17.0. The first-order chi connectivity index (χ1) is 23.0. The van der Waals surface area contributed by atoms with Gasteiger partial charge in [0.05, 0.1) is 29.7 Å². The van der Waals surface area contributed by atoms with E-state index in [0.717, 1.165) is 6.42 Å². The molecule has 1 amide bonds. The molecule has 0 spiro atoms.